The van der Waals surface area contributed by atoms with E-state index in [4.69, 9.17) is 29.9 Å². The number of hydrogen-bond donors (Lipinski definition) is 0. The molecule has 12 aromatic carbocycles. The smallest absolute Gasteiger partial charge is 0.116 e. The highest BCUT2D eigenvalue weighted by molar-refractivity contribution is 5.97. The highest BCUT2D eigenvalue weighted by atomic mass is 14.9. The van der Waals surface area contributed by atoms with Crippen LogP contribution in [0.4, 0.5) is 0 Å². The van der Waals surface area contributed by atoms with Crippen molar-refractivity contribution in [1.82, 2.24) is 49.8 Å². The largest absolute Gasteiger partial charge is 0.254 e. The molecule has 10 nitrogen and oxygen atoms in total. The first kappa shape index (κ1) is 80.3. The van der Waals surface area contributed by atoms with Crippen LogP contribution in [0.5, 0.6) is 0 Å². The van der Waals surface area contributed by atoms with E-state index in [9.17, 15) is 0 Å². The van der Waals surface area contributed by atoms with Gasteiger partial charge in [0.2, 0.25) is 0 Å². The molecule has 0 bridgehead atoms. The summed E-state index contributed by atoms with van der Waals surface area (Å²) in [7, 11) is 0. The molecule has 0 aliphatic rings. The number of pyridine rings is 2. The third-order valence-electron chi connectivity index (χ3n) is 23.4. The molecule has 18 rings (SSSR count). The summed E-state index contributed by atoms with van der Waals surface area (Å²) in [4.78, 5) is 47.9. The van der Waals surface area contributed by atoms with E-state index in [0.717, 1.165) is 213 Å². The van der Waals surface area contributed by atoms with Crippen molar-refractivity contribution in [3.63, 3.8) is 0 Å². The molecule has 0 aliphatic carbocycles. The van der Waals surface area contributed by atoms with Crippen LogP contribution in [-0.4, -0.2) is 49.8 Å². The molecule has 0 saturated carbocycles. The van der Waals surface area contributed by atoms with Crippen LogP contribution < -0.4 is 0 Å². The van der Waals surface area contributed by atoms with E-state index in [1.165, 1.54) is 0 Å². The number of nitrogens with zero attached hydrogens (tertiary/aromatic N) is 10. The molecule has 0 N–H and O–H groups in total. The third kappa shape index (κ3) is 17.0. The minimum atomic E-state index is -0.114. The van der Waals surface area contributed by atoms with Crippen molar-refractivity contribution in [2.75, 3.05) is 0 Å². The first-order valence-corrected chi connectivity index (χ1v) is 42.5. The molecule has 0 amide bonds. The van der Waals surface area contributed by atoms with Gasteiger partial charge in [0.15, 0.2) is 0 Å². The van der Waals surface area contributed by atoms with E-state index >= 15 is 0 Å². The molecular weight excluding hydrogens is 1510 g/mol. The fourth-order valence-electron chi connectivity index (χ4n) is 16.5. The molecule has 602 valence electrons. The summed E-state index contributed by atoms with van der Waals surface area (Å²) in [5.74, 6) is 0. The molecular formula is C114H96N10. The fourth-order valence-corrected chi connectivity index (χ4v) is 16.5. The molecule has 0 atom stereocenters. The molecule has 6 aromatic heterocycles. The zero-order chi connectivity index (χ0) is 85.4. The average molecular weight is 1610 g/mol. The van der Waals surface area contributed by atoms with E-state index in [2.05, 4.69) is 431 Å². The first-order chi connectivity index (χ1) is 59.9. The summed E-state index contributed by atoms with van der Waals surface area (Å²) in [6.07, 6.45) is 10.7. The number of aromatic nitrogens is 10. The van der Waals surface area contributed by atoms with Crippen LogP contribution in [0.15, 0.2) is 365 Å². The molecule has 0 unspecified atom stereocenters. The minimum absolute atomic E-state index is 0.114. The zero-order valence-corrected chi connectivity index (χ0v) is 72.1. The lowest BCUT2D eigenvalue weighted by Crippen LogP contribution is -2.13. The Labute approximate surface area is 727 Å². The predicted octanol–water partition coefficient (Wildman–Crippen LogP) is 29.2. The number of benzene rings is 12. The van der Waals surface area contributed by atoms with Gasteiger partial charge in [-0.2, -0.15) is 0 Å². The standard InChI is InChI=1S/C114H96N10/c1-111(2,3)107-63-103(117-69-121-107)77-45-37-73(38-46-77)89-25-13-19-31-95(89)83-57-84(96-32-20-14-26-90(96)74-39-47-78(48-40-74)104-64-108(112(4,5)6)122-70-118-104)60-87(59-83)99-35-23-17-29-93(99)81-53-55-101(115-67-81)102-56-54-82(68-116-102)94-30-18-24-36-100(94)88-61-85(97-33-21-15-27-91(97)75-41-49-79(50-42-75)105-65-109(113(7,8)9)123-71-119-105)58-86(62-88)98-34-22-16-28-92(98)76-43-51-80(52-44-76)106-66-110(114(10,11)12)124-72-120-106/h13-72H,1-12H3. The van der Waals surface area contributed by atoms with E-state index < -0.39 is 0 Å². The Balaban J connectivity index is 0.690. The lowest BCUT2D eigenvalue weighted by Gasteiger charge is -2.19. The summed E-state index contributed by atoms with van der Waals surface area (Å²) in [6.45, 7) is 26.2. The van der Waals surface area contributed by atoms with Gasteiger partial charge < -0.3 is 0 Å². The lowest BCUT2D eigenvalue weighted by molar-refractivity contribution is 0.567. The van der Waals surface area contributed by atoms with Gasteiger partial charge in [0.05, 0.1) is 34.2 Å². The van der Waals surface area contributed by atoms with Crippen molar-refractivity contribution < 1.29 is 0 Å². The second kappa shape index (κ2) is 33.3. The van der Waals surface area contributed by atoms with E-state index in [-0.39, 0.29) is 21.7 Å². The van der Waals surface area contributed by atoms with Crippen LogP contribution in [0.1, 0.15) is 106 Å². The number of rotatable bonds is 17. The minimum Gasteiger partial charge on any atom is -0.254 e. The van der Waals surface area contributed by atoms with Crippen LogP contribution in [0.2, 0.25) is 0 Å². The van der Waals surface area contributed by atoms with Crippen molar-refractivity contribution in [3.8, 4) is 190 Å². The summed E-state index contributed by atoms with van der Waals surface area (Å²) < 4.78 is 0. The number of hydrogen-bond acceptors (Lipinski definition) is 10. The van der Waals surface area contributed by atoms with Crippen LogP contribution in [0, 0.1) is 0 Å². The lowest BCUT2D eigenvalue weighted by atomic mass is 9.86. The molecule has 0 fully saturated rings. The molecule has 0 spiro atoms. The molecule has 0 radical (unpaired) electrons. The fraction of sp³-hybridized carbons (Fsp3) is 0.140. The maximum absolute atomic E-state index is 5.24. The Hall–Kier alpha value is -14.7. The Morgan fingerprint density at radius 2 is 0.298 bits per heavy atom. The molecule has 6 heterocycles. The van der Waals surface area contributed by atoms with Crippen molar-refractivity contribution in [2.45, 2.75) is 105 Å². The van der Waals surface area contributed by atoms with Gasteiger partial charge in [-0.15, -0.1) is 0 Å². The maximum Gasteiger partial charge on any atom is 0.116 e. The summed E-state index contributed by atoms with van der Waals surface area (Å²) >= 11 is 0. The monoisotopic (exact) mass is 1600 g/mol. The maximum atomic E-state index is 5.24. The summed E-state index contributed by atoms with van der Waals surface area (Å²) in [5.41, 5.74) is 38.9. The van der Waals surface area contributed by atoms with E-state index in [1.54, 1.807) is 25.3 Å². The van der Waals surface area contributed by atoms with Gasteiger partial charge in [-0.25, -0.2) is 39.9 Å². The third-order valence-corrected chi connectivity index (χ3v) is 23.4. The van der Waals surface area contributed by atoms with Gasteiger partial charge in [0, 0.05) is 90.2 Å². The SMILES string of the molecule is CC(C)(C)c1cc(-c2ccc(-c3ccccc3-c3cc(-c4ccccc4-c4ccc(-c5cc(C(C)(C)C)ncn5)cc4)cc(-c4ccccc4-c4ccc(-c5ccc(-c6ccccc6-c6cc(-c7ccccc7-c7ccc(-c8cc(C(C)(C)C)ncn8)cc7)cc(-c7ccccc7-c7ccc(-c8cc(C(C)(C)C)ncn8)cc7)c6)cn5)nc4)c3)cc2)ncn1. The van der Waals surface area contributed by atoms with Crippen molar-refractivity contribution in [3.05, 3.63) is 388 Å². The molecule has 10 heteroatoms. The van der Waals surface area contributed by atoms with Gasteiger partial charge in [-0.05, 0) is 195 Å². The molecule has 18 aromatic rings. The Bertz CT molecular complexity index is 6220. The van der Waals surface area contributed by atoms with Crippen LogP contribution in [-0.2, 0) is 21.7 Å². The van der Waals surface area contributed by atoms with Gasteiger partial charge in [0.1, 0.15) is 25.3 Å². The molecule has 0 saturated heterocycles. The second-order valence-corrected chi connectivity index (χ2v) is 36.2. The quantitative estimate of drug-likeness (QED) is 0.0869. The van der Waals surface area contributed by atoms with Gasteiger partial charge in [-0.3, -0.25) is 9.97 Å². The highest BCUT2D eigenvalue weighted by Gasteiger charge is 2.25. The predicted molar refractivity (Wildman–Crippen MR) is 512 cm³/mol. The normalized spacial score (nSPS) is 11.9. The summed E-state index contributed by atoms with van der Waals surface area (Å²) in [6, 6.07) is 119. The van der Waals surface area contributed by atoms with Crippen molar-refractivity contribution >= 4 is 0 Å². The highest BCUT2D eigenvalue weighted by Crippen LogP contribution is 2.47. The average Bonchev–Trinajstić information content (AvgIpc) is 0.768. The topological polar surface area (TPSA) is 129 Å². The van der Waals surface area contributed by atoms with Crippen LogP contribution in [0.25, 0.3) is 190 Å². The summed E-state index contributed by atoms with van der Waals surface area (Å²) in [5, 5.41) is 0. The van der Waals surface area contributed by atoms with Crippen LogP contribution in [0.3, 0.4) is 0 Å². The Morgan fingerprint density at radius 3 is 0.468 bits per heavy atom. The van der Waals surface area contributed by atoms with E-state index in [1.807, 2.05) is 12.4 Å². The molecule has 0 aliphatic heterocycles. The Kier molecular flexibility index (Phi) is 21.6. The van der Waals surface area contributed by atoms with Crippen molar-refractivity contribution in [2.24, 2.45) is 0 Å². The van der Waals surface area contributed by atoms with Gasteiger partial charge in [-0.1, -0.05) is 338 Å². The van der Waals surface area contributed by atoms with E-state index in [0.29, 0.717) is 0 Å². The Morgan fingerprint density at radius 1 is 0.137 bits per heavy atom. The van der Waals surface area contributed by atoms with Gasteiger partial charge in [0.25, 0.3) is 0 Å². The second-order valence-electron chi connectivity index (χ2n) is 36.2. The molecule has 124 heavy (non-hydrogen) atoms. The first-order valence-electron chi connectivity index (χ1n) is 42.5. The van der Waals surface area contributed by atoms with Crippen molar-refractivity contribution in [1.29, 1.82) is 0 Å². The van der Waals surface area contributed by atoms with Crippen LogP contribution >= 0.6 is 0 Å². The van der Waals surface area contributed by atoms with Gasteiger partial charge >= 0.3 is 0 Å². The zero-order valence-electron chi connectivity index (χ0n) is 72.1.